The number of nitrogens with zero attached hydrogens (tertiary/aromatic N) is 1. The molecule has 2 aromatic carbocycles. The van der Waals surface area contributed by atoms with Crippen LogP contribution in [0.5, 0.6) is 0 Å². The predicted octanol–water partition coefficient (Wildman–Crippen LogP) is 3.98. The van der Waals surface area contributed by atoms with Gasteiger partial charge in [-0.1, -0.05) is 42.5 Å². The van der Waals surface area contributed by atoms with E-state index in [9.17, 15) is 0 Å². The normalized spacial score (nSPS) is 14.9. The standard InChI is InChI=1S/C19H16N/c1-14-6-2-4-8-17(14)15-10-11-20-13-16-7-3-5-9-18(16)19(20)12-15/h2-12H,13H2,1H3/q+1/i1D3. The van der Waals surface area contributed by atoms with E-state index in [0.29, 0.717) is 5.56 Å². The van der Waals surface area contributed by atoms with Crippen LogP contribution in [0.25, 0.3) is 22.4 Å². The molecule has 0 bridgehead atoms. The first-order chi connectivity index (χ1) is 11.0. The van der Waals surface area contributed by atoms with Crippen LogP contribution in [0, 0.1) is 6.85 Å². The lowest BCUT2D eigenvalue weighted by Crippen LogP contribution is -2.31. The Bertz CT molecular complexity index is 897. The van der Waals surface area contributed by atoms with Gasteiger partial charge in [0.1, 0.15) is 0 Å². The summed E-state index contributed by atoms with van der Waals surface area (Å²) in [6.45, 7) is -1.24. The second kappa shape index (κ2) is 4.31. The van der Waals surface area contributed by atoms with Crippen LogP contribution in [0.1, 0.15) is 15.2 Å². The van der Waals surface area contributed by atoms with Crippen molar-refractivity contribution in [2.24, 2.45) is 0 Å². The van der Waals surface area contributed by atoms with E-state index in [-0.39, 0.29) is 0 Å². The maximum absolute atomic E-state index is 7.76. The lowest BCUT2D eigenvalue weighted by Gasteiger charge is -2.05. The van der Waals surface area contributed by atoms with E-state index in [0.717, 1.165) is 23.4 Å². The molecule has 1 aliphatic heterocycles. The number of hydrogen-bond donors (Lipinski definition) is 0. The maximum atomic E-state index is 7.76. The molecule has 0 saturated heterocycles. The summed E-state index contributed by atoms with van der Waals surface area (Å²) in [5, 5.41) is 0. The number of fused-ring (bicyclic) bond motifs is 3. The van der Waals surface area contributed by atoms with Crippen molar-refractivity contribution in [3.8, 4) is 22.4 Å². The molecule has 1 aliphatic rings. The zero-order valence-electron chi connectivity index (χ0n) is 14.0. The van der Waals surface area contributed by atoms with Gasteiger partial charge in [-0.25, -0.2) is 0 Å². The molecule has 0 radical (unpaired) electrons. The predicted molar refractivity (Wildman–Crippen MR) is 81.3 cm³/mol. The van der Waals surface area contributed by atoms with Crippen molar-refractivity contribution in [3.05, 3.63) is 78.0 Å². The quantitative estimate of drug-likeness (QED) is 0.456. The van der Waals surface area contributed by atoms with Gasteiger partial charge in [-0.15, -0.1) is 0 Å². The van der Waals surface area contributed by atoms with E-state index in [1.54, 1.807) is 12.1 Å². The molecule has 20 heavy (non-hydrogen) atoms. The fourth-order valence-electron chi connectivity index (χ4n) is 2.89. The Morgan fingerprint density at radius 3 is 2.65 bits per heavy atom. The molecule has 0 aliphatic carbocycles. The Balaban J connectivity index is 1.89. The van der Waals surface area contributed by atoms with Gasteiger partial charge in [0.05, 0.1) is 5.56 Å². The van der Waals surface area contributed by atoms with Crippen molar-refractivity contribution in [3.63, 3.8) is 0 Å². The van der Waals surface area contributed by atoms with Gasteiger partial charge in [-0.05, 0) is 29.6 Å². The van der Waals surface area contributed by atoms with Crippen LogP contribution < -0.4 is 4.57 Å². The number of rotatable bonds is 1. The second-order valence-electron chi connectivity index (χ2n) is 5.13. The van der Waals surface area contributed by atoms with Crippen molar-refractivity contribution < 1.29 is 8.68 Å². The lowest BCUT2D eigenvalue weighted by molar-refractivity contribution is -0.672. The molecular weight excluding hydrogens is 242 g/mol. The zero-order chi connectivity index (χ0) is 16.0. The Morgan fingerprint density at radius 1 is 0.950 bits per heavy atom. The Kier molecular flexibility index (Phi) is 1.87. The summed E-state index contributed by atoms with van der Waals surface area (Å²) in [7, 11) is 0. The van der Waals surface area contributed by atoms with E-state index >= 15 is 0 Å². The fraction of sp³-hybridized carbons (Fsp3) is 0.105. The number of hydrogen-bond acceptors (Lipinski definition) is 0. The molecular formula is C19H16N+. The minimum absolute atomic E-state index is 0.399. The minimum Gasteiger partial charge on any atom is -0.194 e. The highest BCUT2D eigenvalue weighted by Crippen LogP contribution is 2.30. The molecule has 4 rings (SSSR count). The van der Waals surface area contributed by atoms with Crippen LogP contribution in [0.2, 0.25) is 0 Å². The van der Waals surface area contributed by atoms with Gasteiger partial charge >= 0.3 is 0 Å². The Labute approximate surface area is 123 Å². The topological polar surface area (TPSA) is 3.88 Å². The van der Waals surface area contributed by atoms with Gasteiger partial charge in [-0.3, -0.25) is 0 Å². The fourth-order valence-corrected chi connectivity index (χ4v) is 2.89. The molecule has 3 aromatic rings. The third kappa shape index (κ3) is 1.67. The van der Waals surface area contributed by atoms with Crippen molar-refractivity contribution in [2.45, 2.75) is 13.4 Å². The Morgan fingerprint density at radius 2 is 1.75 bits per heavy atom. The van der Waals surface area contributed by atoms with Gasteiger partial charge in [0.15, 0.2) is 12.7 Å². The number of aromatic nitrogens is 1. The van der Waals surface area contributed by atoms with E-state index in [2.05, 4.69) is 28.8 Å². The molecule has 0 atom stereocenters. The van der Waals surface area contributed by atoms with Gasteiger partial charge in [-0.2, -0.15) is 4.57 Å². The first-order valence-corrected chi connectivity index (χ1v) is 6.76. The largest absolute Gasteiger partial charge is 0.213 e. The van der Waals surface area contributed by atoms with Crippen molar-refractivity contribution >= 4 is 0 Å². The van der Waals surface area contributed by atoms with Gasteiger partial charge < -0.3 is 0 Å². The average molecular weight is 261 g/mol. The van der Waals surface area contributed by atoms with E-state index in [1.807, 2.05) is 30.5 Å². The van der Waals surface area contributed by atoms with Crippen LogP contribution in [0.3, 0.4) is 0 Å². The first kappa shape index (κ1) is 8.70. The number of pyridine rings is 1. The molecule has 0 unspecified atom stereocenters. The summed E-state index contributed by atoms with van der Waals surface area (Å²) < 4.78 is 25.5. The van der Waals surface area contributed by atoms with Crippen LogP contribution in [-0.2, 0) is 6.54 Å². The minimum atomic E-state index is -2.11. The number of aryl methyl sites for hydroxylation is 1. The molecule has 0 amide bonds. The van der Waals surface area contributed by atoms with E-state index in [4.69, 9.17) is 4.11 Å². The average Bonchev–Trinajstić information content (AvgIpc) is 2.92. The lowest BCUT2D eigenvalue weighted by atomic mass is 9.99. The summed E-state index contributed by atoms with van der Waals surface area (Å²) in [4.78, 5) is 0. The maximum Gasteiger partial charge on any atom is 0.213 e. The van der Waals surface area contributed by atoms with E-state index in [1.165, 1.54) is 11.1 Å². The van der Waals surface area contributed by atoms with Crippen LogP contribution in [0.15, 0.2) is 66.9 Å². The van der Waals surface area contributed by atoms with Crippen LogP contribution >= 0.6 is 0 Å². The van der Waals surface area contributed by atoms with Gasteiger partial charge in [0.2, 0.25) is 5.69 Å². The van der Waals surface area contributed by atoms with Gasteiger partial charge in [0, 0.05) is 21.8 Å². The molecule has 1 aromatic heterocycles. The summed E-state index contributed by atoms with van der Waals surface area (Å²) in [6, 6.07) is 19.7. The summed E-state index contributed by atoms with van der Waals surface area (Å²) in [5.41, 5.74) is 5.78. The summed E-state index contributed by atoms with van der Waals surface area (Å²) >= 11 is 0. The molecule has 0 fully saturated rings. The Hall–Kier alpha value is -2.41. The summed E-state index contributed by atoms with van der Waals surface area (Å²) in [5.74, 6) is 0. The zero-order valence-corrected chi connectivity index (χ0v) is 11.0. The van der Waals surface area contributed by atoms with Crippen molar-refractivity contribution in [1.82, 2.24) is 0 Å². The van der Waals surface area contributed by atoms with Crippen LogP contribution in [-0.4, -0.2) is 0 Å². The molecule has 2 heterocycles. The van der Waals surface area contributed by atoms with Gasteiger partial charge in [0.25, 0.3) is 0 Å². The second-order valence-corrected chi connectivity index (χ2v) is 5.13. The first-order valence-electron chi connectivity index (χ1n) is 8.26. The smallest absolute Gasteiger partial charge is 0.194 e. The highest BCUT2D eigenvalue weighted by atomic mass is 15.0. The third-order valence-corrected chi connectivity index (χ3v) is 3.91. The van der Waals surface area contributed by atoms with Crippen molar-refractivity contribution in [1.29, 1.82) is 0 Å². The van der Waals surface area contributed by atoms with Crippen molar-refractivity contribution in [2.75, 3.05) is 0 Å². The monoisotopic (exact) mass is 261 g/mol. The van der Waals surface area contributed by atoms with Crippen LogP contribution in [0.4, 0.5) is 0 Å². The highest BCUT2D eigenvalue weighted by molar-refractivity contribution is 5.72. The summed E-state index contributed by atoms with van der Waals surface area (Å²) in [6.07, 6.45) is 2.04. The number of benzene rings is 2. The molecule has 96 valence electrons. The van der Waals surface area contributed by atoms with E-state index < -0.39 is 6.85 Å². The molecule has 0 spiro atoms. The SMILES string of the molecule is [2H]C([2H])([2H])c1ccccc1-c1cc[n+]2c(c1)-c1ccccc1C2. The highest BCUT2D eigenvalue weighted by Gasteiger charge is 2.25. The third-order valence-electron chi connectivity index (χ3n) is 3.91. The molecule has 1 heteroatoms. The molecule has 1 nitrogen and oxygen atoms in total. The molecule has 0 N–H and O–H groups in total. The molecule has 0 saturated carbocycles.